The molecule has 0 aliphatic carbocycles. The second-order valence-corrected chi connectivity index (χ2v) is 5.57. The molecule has 0 bridgehead atoms. The van der Waals surface area contributed by atoms with Crippen LogP contribution in [0.3, 0.4) is 0 Å². The van der Waals surface area contributed by atoms with E-state index in [4.69, 9.17) is 0 Å². The molecular formula is C19H13F4N3O. The Morgan fingerprint density at radius 2 is 1.56 bits per heavy atom. The lowest BCUT2D eigenvalue weighted by Crippen LogP contribution is -2.13. The van der Waals surface area contributed by atoms with Crippen LogP contribution in [-0.4, -0.2) is 10.9 Å². The van der Waals surface area contributed by atoms with Gasteiger partial charge in [-0.2, -0.15) is 13.2 Å². The summed E-state index contributed by atoms with van der Waals surface area (Å²) in [6.07, 6.45) is -3.04. The summed E-state index contributed by atoms with van der Waals surface area (Å²) < 4.78 is 51.3. The molecule has 3 aromatic rings. The number of carbonyl (C=O) groups excluding carboxylic acids is 1. The third-order valence-electron chi connectivity index (χ3n) is 3.62. The number of benzene rings is 2. The zero-order valence-electron chi connectivity index (χ0n) is 13.7. The lowest BCUT2D eigenvalue weighted by atomic mass is 10.2. The molecule has 2 aromatic carbocycles. The van der Waals surface area contributed by atoms with Gasteiger partial charge in [-0.3, -0.25) is 4.79 Å². The Morgan fingerprint density at radius 1 is 0.889 bits per heavy atom. The largest absolute Gasteiger partial charge is 0.416 e. The molecular weight excluding hydrogens is 362 g/mol. The van der Waals surface area contributed by atoms with Gasteiger partial charge in [0.1, 0.15) is 11.6 Å². The molecule has 8 heteroatoms. The third-order valence-corrected chi connectivity index (χ3v) is 3.62. The molecule has 2 N–H and O–H groups in total. The van der Waals surface area contributed by atoms with Crippen LogP contribution in [0.5, 0.6) is 0 Å². The first-order valence-electron chi connectivity index (χ1n) is 7.79. The summed E-state index contributed by atoms with van der Waals surface area (Å²) in [4.78, 5) is 16.1. The number of nitrogens with zero attached hydrogens (tertiary/aromatic N) is 1. The maximum atomic E-state index is 13.6. The molecule has 27 heavy (non-hydrogen) atoms. The maximum absolute atomic E-state index is 13.6. The summed E-state index contributed by atoms with van der Waals surface area (Å²) in [5.41, 5.74) is -0.0588. The van der Waals surface area contributed by atoms with Crippen LogP contribution in [-0.2, 0) is 6.18 Å². The van der Waals surface area contributed by atoms with Gasteiger partial charge < -0.3 is 10.6 Å². The van der Waals surface area contributed by atoms with Crippen LogP contribution in [0, 0.1) is 5.82 Å². The number of alkyl halides is 3. The summed E-state index contributed by atoms with van der Waals surface area (Å²) in [6, 6.07) is 13.2. The highest BCUT2D eigenvalue weighted by molar-refractivity contribution is 6.04. The van der Waals surface area contributed by atoms with Crippen molar-refractivity contribution in [2.75, 3.05) is 10.6 Å². The SMILES string of the molecule is O=C(Nc1ccc(Nc2ccc(C(F)(F)F)cc2)nc1)c1ccccc1F. The van der Waals surface area contributed by atoms with E-state index in [2.05, 4.69) is 15.6 Å². The normalized spacial score (nSPS) is 11.1. The van der Waals surface area contributed by atoms with Crippen LogP contribution < -0.4 is 10.6 Å². The van der Waals surface area contributed by atoms with Gasteiger partial charge in [0.15, 0.2) is 0 Å². The predicted octanol–water partition coefficient (Wildman–Crippen LogP) is 5.24. The lowest BCUT2D eigenvalue weighted by molar-refractivity contribution is -0.137. The van der Waals surface area contributed by atoms with Gasteiger partial charge >= 0.3 is 6.18 Å². The van der Waals surface area contributed by atoms with Gasteiger partial charge in [-0.1, -0.05) is 12.1 Å². The number of pyridine rings is 1. The predicted molar refractivity (Wildman–Crippen MR) is 93.3 cm³/mol. The maximum Gasteiger partial charge on any atom is 0.416 e. The zero-order chi connectivity index (χ0) is 19.4. The average Bonchev–Trinajstić information content (AvgIpc) is 2.63. The van der Waals surface area contributed by atoms with E-state index in [1.165, 1.54) is 48.7 Å². The Labute approximate surface area is 151 Å². The molecule has 0 aliphatic rings. The van der Waals surface area contributed by atoms with E-state index in [1.807, 2.05) is 0 Å². The second kappa shape index (κ2) is 7.45. The van der Waals surface area contributed by atoms with E-state index in [0.717, 1.165) is 12.1 Å². The quantitative estimate of drug-likeness (QED) is 0.614. The molecule has 4 nitrogen and oxygen atoms in total. The highest BCUT2D eigenvalue weighted by Gasteiger charge is 2.29. The highest BCUT2D eigenvalue weighted by Crippen LogP contribution is 2.30. The number of anilines is 3. The Kier molecular flexibility index (Phi) is 5.07. The third kappa shape index (κ3) is 4.60. The minimum atomic E-state index is -4.39. The van der Waals surface area contributed by atoms with E-state index in [9.17, 15) is 22.4 Å². The fraction of sp³-hybridized carbons (Fsp3) is 0.0526. The first-order chi connectivity index (χ1) is 12.8. The van der Waals surface area contributed by atoms with Crippen LogP contribution in [0.1, 0.15) is 15.9 Å². The molecule has 138 valence electrons. The second-order valence-electron chi connectivity index (χ2n) is 5.57. The molecule has 0 atom stereocenters. The number of amides is 1. The van der Waals surface area contributed by atoms with Crippen molar-refractivity contribution in [3.8, 4) is 0 Å². The minimum Gasteiger partial charge on any atom is -0.340 e. The summed E-state index contributed by atoms with van der Waals surface area (Å²) in [5.74, 6) is -0.874. The number of rotatable bonds is 4. The van der Waals surface area contributed by atoms with Crippen LogP contribution in [0.25, 0.3) is 0 Å². The number of aromatic nitrogens is 1. The Morgan fingerprint density at radius 3 is 2.15 bits per heavy atom. The number of halogens is 4. The van der Waals surface area contributed by atoms with E-state index in [-0.39, 0.29) is 5.56 Å². The summed E-state index contributed by atoms with van der Waals surface area (Å²) in [6.45, 7) is 0. The van der Waals surface area contributed by atoms with Crippen molar-refractivity contribution >= 4 is 23.1 Å². The van der Waals surface area contributed by atoms with Crippen LogP contribution in [0.15, 0.2) is 66.9 Å². The summed E-state index contributed by atoms with van der Waals surface area (Å²) in [7, 11) is 0. The summed E-state index contributed by atoms with van der Waals surface area (Å²) >= 11 is 0. The van der Waals surface area contributed by atoms with Gasteiger partial charge in [-0.25, -0.2) is 9.37 Å². The van der Waals surface area contributed by atoms with Crippen molar-refractivity contribution in [3.63, 3.8) is 0 Å². The summed E-state index contributed by atoms with van der Waals surface area (Å²) in [5, 5.41) is 5.37. The van der Waals surface area contributed by atoms with E-state index < -0.39 is 23.5 Å². The van der Waals surface area contributed by atoms with Crippen molar-refractivity contribution in [2.45, 2.75) is 6.18 Å². The molecule has 1 heterocycles. The van der Waals surface area contributed by atoms with Gasteiger partial charge in [-0.05, 0) is 48.5 Å². The number of hydrogen-bond donors (Lipinski definition) is 2. The highest BCUT2D eigenvalue weighted by atomic mass is 19.4. The molecule has 0 fully saturated rings. The molecule has 0 spiro atoms. The molecule has 0 saturated carbocycles. The van der Waals surface area contributed by atoms with Crippen molar-refractivity contribution < 1.29 is 22.4 Å². The average molecular weight is 375 g/mol. The molecule has 0 aliphatic heterocycles. The van der Waals surface area contributed by atoms with E-state index in [0.29, 0.717) is 17.2 Å². The smallest absolute Gasteiger partial charge is 0.340 e. The molecule has 0 unspecified atom stereocenters. The number of nitrogens with one attached hydrogen (secondary N) is 2. The van der Waals surface area contributed by atoms with Gasteiger partial charge in [-0.15, -0.1) is 0 Å². The van der Waals surface area contributed by atoms with Gasteiger partial charge in [0, 0.05) is 5.69 Å². The number of hydrogen-bond acceptors (Lipinski definition) is 3. The monoisotopic (exact) mass is 375 g/mol. The molecule has 0 saturated heterocycles. The van der Waals surface area contributed by atoms with Crippen molar-refractivity contribution in [1.29, 1.82) is 0 Å². The van der Waals surface area contributed by atoms with Gasteiger partial charge in [0.25, 0.3) is 5.91 Å². The van der Waals surface area contributed by atoms with Crippen molar-refractivity contribution in [2.24, 2.45) is 0 Å². The molecule has 3 rings (SSSR count). The molecule has 1 aromatic heterocycles. The van der Waals surface area contributed by atoms with E-state index >= 15 is 0 Å². The fourth-order valence-corrected chi connectivity index (χ4v) is 2.28. The Bertz CT molecular complexity index is 938. The topological polar surface area (TPSA) is 54.0 Å². The minimum absolute atomic E-state index is 0.0931. The lowest BCUT2D eigenvalue weighted by Gasteiger charge is -2.10. The van der Waals surface area contributed by atoms with E-state index in [1.54, 1.807) is 6.07 Å². The Balaban J connectivity index is 1.65. The van der Waals surface area contributed by atoms with Crippen LogP contribution in [0.4, 0.5) is 34.8 Å². The van der Waals surface area contributed by atoms with Gasteiger partial charge in [0.05, 0.1) is 23.0 Å². The van der Waals surface area contributed by atoms with Crippen molar-refractivity contribution in [3.05, 3.63) is 83.8 Å². The van der Waals surface area contributed by atoms with Crippen LogP contribution in [0.2, 0.25) is 0 Å². The fourth-order valence-electron chi connectivity index (χ4n) is 2.28. The van der Waals surface area contributed by atoms with Crippen LogP contribution >= 0.6 is 0 Å². The Hall–Kier alpha value is -3.42. The molecule has 1 amide bonds. The van der Waals surface area contributed by atoms with Gasteiger partial charge in [0.2, 0.25) is 0 Å². The zero-order valence-corrected chi connectivity index (χ0v) is 13.7. The standard InChI is InChI=1S/C19H13F4N3O/c20-16-4-2-1-3-15(16)18(27)26-14-9-10-17(24-11-14)25-13-7-5-12(6-8-13)19(21,22)23/h1-11H,(H,24,25)(H,26,27). The first kappa shape index (κ1) is 18.4. The number of carbonyl (C=O) groups is 1. The first-order valence-corrected chi connectivity index (χ1v) is 7.79. The molecule has 0 radical (unpaired) electrons. The van der Waals surface area contributed by atoms with Crippen molar-refractivity contribution in [1.82, 2.24) is 4.98 Å².